The van der Waals surface area contributed by atoms with Crippen molar-refractivity contribution in [1.29, 1.82) is 0 Å². The van der Waals surface area contributed by atoms with E-state index < -0.39 is 15.9 Å². The number of carbonyl (C=O) groups excluding carboxylic acids is 1. The van der Waals surface area contributed by atoms with Gasteiger partial charge in [-0.3, -0.25) is 9.52 Å². The summed E-state index contributed by atoms with van der Waals surface area (Å²) < 4.78 is 27.5. The molecular weight excluding hydrogens is 409 g/mol. The Labute approximate surface area is 166 Å². The molecule has 27 heavy (non-hydrogen) atoms. The number of rotatable bonds is 5. The Balaban J connectivity index is 1.91. The van der Waals surface area contributed by atoms with Crippen molar-refractivity contribution in [1.82, 2.24) is 4.98 Å². The Morgan fingerprint density at radius 1 is 0.926 bits per heavy atom. The molecule has 1 amide bonds. The normalized spacial score (nSPS) is 11.0. The number of aromatic nitrogens is 1. The van der Waals surface area contributed by atoms with Crippen LogP contribution >= 0.6 is 23.2 Å². The number of nitrogens with one attached hydrogen (secondary N) is 2. The maximum Gasteiger partial charge on any atom is 0.261 e. The molecule has 0 bridgehead atoms. The van der Waals surface area contributed by atoms with E-state index in [0.717, 1.165) is 0 Å². The second kappa shape index (κ2) is 7.96. The highest BCUT2D eigenvalue weighted by Gasteiger charge is 2.19. The standard InChI is InChI=1S/C18H13Cl2N3O3S/c19-12-6-8-15(18(24)22-17-9-7-13(20)11-21-17)16(10-12)23-27(25,26)14-4-2-1-3-5-14/h1-11,23H,(H,21,22,24). The number of hydrogen-bond donors (Lipinski definition) is 2. The SMILES string of the molecule is O=C(Nc1ccc(Cl)cn1)c1ccc(Cl)cc1NS(=O)(=O)c1ccccc1. The van der Waals surface area contributed by atoms with Gasteiger partial charge in [0.15, 0.2) is 0 Å². The molecule has 3 rings (SSSR count). The molecule has 2 aromatic carbocycles. The molecule has 0 radical (unpaired) electrons. The number of anilines is 2. The Morgan fingerprint density at radius 2 is 1.63 bits per heavy atom. The summed E-state index contributed by atoms with van der Waals surface area (Å²) in [7, 11) is -3.89. The Bertz CT molecular complexity index is 1070. The van der Waals surface area contributed by atoms with Gasteiger partial charge in [0.25, 0.3) is 15.9 Å². The summed E-state index contributed by atoms with van der Waals surface area (Å²) in [5.41, 5.74) is 0.147. The first-order valence-electron chi connectivity index (χ1n) is 7.65. The van der Waals surface area contributed by atoms with Crippen LogP contribution < -0.4 is 10.0 Å². The van der Waals surface area contributed by atoms with Crippen LogP contribution in [0.1, 0.15) is 10.4 Å². The monoisotopic (exact) mass is 421 g/mol. The minimum absolute atomic E-state index is 0.0535. The zero-order valence-corrected chi connectivity index (χ0v) is 16.0. The first-order valence-corrected chi connectivity index (χ1v) is 9.89. The van der Waals surface area contributed by atoms with Crippen LogP contribution in [0.3, 0.4) is 0 Å². The summed E-state index contributed by atoms with van der Waals surface area (Å²) in [6.07, 6.45) is 1.39. The Kier molecular flexibility index (Phi) is 5.65. The highest BCUT2D eigenvalue weighted by Crippen LogP contribution is 2.25. The molecule has 0 aliphatic carbocycles. The molecule has 3 aromatic rings. The summed E-state index contributed by atoms with van der Waals surface area (Å²) in [4.78, 5) is 16.6. The number of benzene rings is 2. The van der Waals surface area contributed by atoms with Gasteiger partial charge in [-0.05, 0) is 42.5 Å². The topological polar surface area (TPSA) is 88.2 Å². The van der Waals surface area contributed by atoms with Crippen LogP contribution in [0.5, 0.6) is 0 Å². The quantitative estimate of drug-likeness (QED) is 0.636. The number of nitrogens with zero attached hydrogens (tertiary/aromatic N) is 1. The van der Waals surface area contributed by atoms with Crippen molar-refractivity contribution in [3.63, 3.8) is 0 Å². The van der Waals surface area contributed by atoms with Crippen molar-refractivity contribution in [2.24, 2.45) is 0 Å². The molecular formula is C18H13Cl2N3O3S. The van der Waals surface area contributed by atoms with Gasteiger partial charge in [0.1, 0.15) is 5.82 Å². The van der Waals surface area contributed by atoms with Crippen LogP contribution in [0.4, 0.5) is 11.5 Å². The number of halogens is 2. The fraction of sp³-hybridized carbons (Fsp3) is 0. The van der Waals surface area contributed by atoms with Crippen LogP contribution in [0.2, 0.25) is 10.0 Å². The predicted molar refractivity (Wildman–Crippen MR) is 106 cm³/mol. The highest BCUT2D eigenvalue weighted by molar-refractivity contribution is 7.92. The van der Waals surface area contributed by atoms with Crippen LogP contribution in [0.15, 0.2) is 71.8 Å². The van der Waals surface area contributed by atoms with E-state index in [9.17, 15) is 13.2 Å². The Hall–Kier alpha value is -2.61. The molecule has 0 saturated heterocycles. The van der Waals surface area contributed by atoms with Gasteiger partial charge in [-0.15, -0.1) is 0 Å². The van der Waals surface area contributed by atoms with Crippen LogP contribution in [0.25, 0.3) is 0 Å². The smallest absolute Gasteiger partial charge is 0.261 e. The third kappa shape index (κ3) is 4.77. The molecule has 0 atom stereocenters. The zero-order chi connectivity index (χ0) is 19.4. The molecule has 9 heteroatoms. The van der Waals surface area contributed by atoms with Gasteiger partial charge in [0, 0.05) is 11.2 Å². The molecule has 0 saturated carbocycles. The third-order valence-electron chi connectivity index (χ3n) is 3.49. The summed E-state index contributed by atoms with van der Waals surface area (Å²) in [5.74, 6) is -0.275. The van der Waals surface area contributed by atoms with E-state index in [-0.39, 0.29) is 27.0 Å². The van der Waals surface area contributed by atoms with E-state index >= 15 is 0 Å². The molecule has 0 aliphatic heterocycles. The van der Waals surface area contributed by atoms with E-state index in [1.807, 2.05) is 0 Å². The first-order chi connectivity index (χ1) is 12.8. The molecule has 0 unspecified atom stereocenters. The van der Waals surface area contributed by atoms with E-state index in [0.29, 0.717) is 5.02 Å². The van der Waals surface area contributed by atoms with Gasteiger partial charge >= 0.3 is 0 Å². The summed E-state index contributed by atoms with van der Waals surface area (Å²) in [6, 6.07) is 15.2. The zero-order valence-electron chi connectivity index (χ0n) is 13.7. The Morgan fingerprint density at radius 3 is 2.30 bits per heavy atom. The van der Waals surface area contributed by atoms with E-state index in [4.69, 9.17) is 23.2 Å². The van der Waals surface area contributed by atoms with Crippen molar-refractivity contribution in [2.45, 2.75) is 4.90 Å². The second-order valence-electron chi connectivity index (χ2n) is 5.42. The number of pyridine rings is 1. The predicted octanol–water partition coefficient (Wildman–Crippen LogP) is 4.44. The van der Waals surface area contributed by atoms with Crippen molar-refractivity contribution < 1.29 is 13.2 Å². The fourth-order valence-corrected chi connectivity index (χ4v) is 3.61. The molecule has 6 nitrogen and oxygen atoms in total. The van der Waals surface area contributed by atoms with Crippen LogP contribution in [-0.4, -0.2) is 19.3 Å². The first kappa shape index (κ1) is 19.2. The molecule has 1 aromatic heterocycles. The lowest BCUT2D eigenvalue weighted by atomic mass is 10.1. The minimum Gasteiger partial charge on any atom is -0.306 e. The van der Waals surface area contributed by atoms with Crippen LogP contribution in [-0.2, 0) is 10.0 Å². The van der Waals surface area contributed by atoms with Crippen molar-refractivity contribution in [3.8, 4) is 0 Å². The molecule has 0 fully saturated rings. The van der Waals surface area contributed by atoms with Gasteiger partial charge in [-0.1, -0.05) is 41.4 Å². The molecule has 0 spiro atoms. The minimum atomic E-state index is -3.89. The lowest BCUT2D eigenvalue weighted by Crippen LogP contribution is -2.19. The van der Waals surface area contributed by atoms with Crippen molar-refractivity contribution in [2.75, 3.05) is 10.0 Å². The molecule has 2 N–H and O–H groups in total. The highest BCUT2D eigenvalue weighted by atomic mass is 35.5. The largest absolute Gasteiger partial charge is 0.306 e. The van der Waals surface area contributed by atoms with E-state index in [1.165, 1.54) is 42.6 Å². The average molecular weight is 422 g/mol. The summed E-state index contributed by atoms with van der Waals surface area (Å²) >= 11 is 11.8. The fourth-order valence-electron chi connectivity index (χ4n) is 2.24. The van der Waals surface area contributed by atoms with Gasteiger partial charge in [-0.25, -0.2) is 13.4 Å². The third-order valence-corrected chi connectivity index (χ3v) is 5.33. The maximum absolute atomic E-state index is 12.6. The average Bonchev–Trinajstić information content (AvgIpc) is 2.64. The number of amides is 1. The van der Waals surface area contributed by atoms with Gasteiger partial charge in [0.2, 0.25) is 0 Å². The van der Waals surface area contributed by atoms with Gasteiger partial charge in [0.05, 0.1) is 21.2 Å². The number of carbonyl (C=O) groups is 1. The summed E-state index contributed by atoms with van der Waals surface area (Å²) in [6.45, 7) is 0. The second-order valence-corrected chi connectivity index (χ2v) is 7.98. The van der Waals surface area contributed by atoms with Crippen LogP contribution in [0, 0.1) is 0 Å². The molecule has 0 aliphatic rings. The number of hydrogen-bond acceptors (Lipinski definition) is 4. The van der Waals surface area contributed by atoms with Gasteiger partial charge in [-0.2, -0.15) is 0 Å². The lowest BCUT2D eigenvalue weighted by molar-refractivity contribution is 0.102. The summed E-state index contributed by atoms with van der Waals surface area (Å²) in [5, 5.41) is 3.29. The van der Waals surface area contributed by atoms with E-state index in [2.05, 4.69) is 15.0 Å². The van der Waals surface area contributed by atoms with E-state index in [1.54, 1.807) is 24.3 Å². The van der Waals surface area contributed by atoms with Crippen molar-refractivity contribution >= 4 is 50.6 Å². The lowest BCUT2D eigenvalue weighted by Gasteiger charge is -2.13. The number of sulfonamides is 1. The molecule has 138 valence electrons. The van der Waals surface area contributed by atoms with Gasteiger partial charge < -0.3 is 5.32 Å². The maximum atomic E-state index is 12.6. The van der Waals surface area contributed by atoms with Crippen molar-refractivity contribution in [3.05, 3.63) is 82.5 Å². The molecule has 1 heterocycles.